The number of aliphatic hydroxyl groups excluding tert-OH is 1. The molecule has 0 fully saturated rings. The van der Waals surface area contributed by atoms with Gasteiger partial charge < -0.3 is 16.2 Å². The molecule has 0 heterocycles. The maximum Gasteiger partial charge on any atom is 0.0702 e. The van der Waals surface area contributed by atoms with Gasteiger partial charge in [0.25, 0.3) is 0 Å². The van der Waals surface area contributed by atoms with Crippen LogP contribution in [0.2, 0.25) is 0 Å². The molecule has 0 aliphatic rings. The van der Waals surface area contributed by atoms with E-state index in [0.717, 1.165) is 6.42 Å². The Balaban J connectivity index is 3.50. The highest BCUT2D eigenvalue weighted by Crippen LogP contribution is 1.94. The van der Waals surface area contributed by atoms with Crippen LogP contribution < -0.4 is 11.1 Å². The van der Waals surface area contributed by atoms with Crippen LogP contribution >= 0.6 is 0 Å². The molecule has 0 spiro atoms. The van der Waals surface area contributed by atoms with Gasteiger partial charge in [-0.3, -0.25) is 0 Å². The lowest BCUT2D eigenvalue weighted by molar-refractivity contribution is 0.130. The summed E-state index contributed by atoms with van der Waals surface area (Å²) >= 11 is 0. The molecule has 0 radical (unpaired) electrons. The van der Waals surface area contributed by atoms with Gasteiger partial charge in [-0.25, -0.2) is 0 Å². The number of likely N-dealkylation sites (N-methyl/N-ethyl adjacent to an activating group) is 1. The molecule has 0 aliphatic carbocycles. The smallest absolute Gasteiger partial charge is 0.0702 e. The summed E-state index contributed by atoms with van der Waals surface area (Å²) in [4.78, 5) is 0. The molecule has 3 heteroatoms. The molecular weight excluding hydrogens is 116 g/mol. The number of aliphatic hydroxyl groups is 1. The molecule has 0 aromatic carbocycles. The quantitative estimate of drug-likeness (QED) is 0.474. The fourth-order valence-corrected chi connectivity index (χ4v) is 0.752. The van der Waals surface area contributed by atoms with Gasteiger partial charge >= 0.3 is 0 Å². The van der Waals surface area contributed by atoms with Crippen LogP contribution in [0.25, 0.3) is 0 Å². The molecule has 0 aromatic rings. The average Bonchev–Trinajstić information content (AvgIpc) is 1.90. The van der Waals surface area contributed by atoms with E-state index in [1.54, 1.807) is 7.05 Å². The van der Waals surface area contributed by atoms with E-state index in [9.17, 15) is 5.11 Å². The lowest BCUT2D eigenvalue weighted by Gasteiger charge is -2.18. The maximum absolute atomic E-state index is 9.18. The van der Waals surface area contributed by atoms with Crippen molar-refractivity contribution in [3.63, 3.8) is 0 Å². The summed E-state index contributed by atoms with van der Waals surface area (Å²) in [5.41, 5.74) is 5.34. The van der Waals surface area contributed by atoms with Crippen LogP contribution in [0.5, 0.6) is 0 Å². The number of nitrogens with two attached hydrogens (primary N) is 1. The Morgan fingerprint density at radius 3 is 2.33 bits per heavy atom. The predicted octanol–water partition coefficient (Wildman–Crippen LogP) is -0.696. The van der Waals surface area contributed by atoms with Crippen molar-refractivity contribution >= 4 is 0 Å². The first-order chi connectivity index (χ1) is 4.26. The van der Waals surface area contributed by atoms with E-state index in [-0.39, 0.29) is 12.1 Å². The normalized spacial score (nSPS) is 17.3. The van der Waals surface area contributed by atoms with Crippen molar-refractivity contribution in [1.82, 2.24) is 5.32 Å². The highest BCUT2D eigenvalue weighted by Gasteiger charge is 2.11. The van der Waals surface area contributed by atoms with Crippen molar-refractivity contribution in [2.75, 3.05) is 13.6 Å². The summed E-state index contributed by atoms with van der Waals surface area (Å²) in [6.07, 6.45) is 0.447. The molecule has 0 saturated heterocycles. The van der Waals surface area contributed by atoms with E-state index in [0.29, 0.717) is 6.54 Å². The summed E-state index contributed by atoms with van der Waals surface area (Å²) in [7, 11) is 1.80. The Morgan fingerprint density at radius 1 is 1.67 bits per heavy atom. The van der Waals surface area contributed by atoms with Crippen molar-refractivity contribution in [3.8, 4) is 0 Å². The van der Waals surface area contributed by atoms with Crippen molar-refractivity contribution in [1.29, 1.82) is 0 Å². The molecule has 3 nitrogen and oxygen atoms in total. The second-order valence-electron chi connectivity index (χ2n) is 2.11. The Kier molecular flexibility index (Phi) is 4.67. The molecule has 0 rings (SSSR count). The van der Waals surface area contributed by atoms with E-state index in [4.69, 9.17) is 5.73 Å². The van der Waals surface area contributed by atoms with E-state index in [2.05, 4.69) is 5.32 Å². The topological polar surface area (TPSA) is 58.3 Å². The van der Waals surface area contributed by atoms with Crippen LogP contribution in [0.3, 0.4) is 0 Å². The third-order valence-electron chi connectivity index (χ3n) is 1.51. The Bertz CT molecular complexity index is 64.1. The fourth-order valence-electron chi connectivity index (χ4n) is 0.752. The zero-order chi connectivity index (χ0) is 7.28. The second kappa shape index (κ2) is 4.73. The van der Waals surface area contributed by atoms with Crippen molar-refractivity contribution < 1.29 is 5.11 Å². The second-order valence-corrected chi connectivity index (χ2v) is 2.11. The van der Waals surface area contributed by atoms with Crippen molar-refractivity contribution in [2.24, 2.45) is 5.73 Å². The van der Waals surface area contributed by atoms with Gasteiger partial charge in [0.15, 0.2) is 0 Å². The number of hydrogen-bond donors (Lipinski definition) is 3. The van der Waals surface area contributed by atoms with E-state index in [1.165, 1.54) is 0 Å². The van der Waals surface area contributed by atoms with Gasteiger partial charge in [0.05, 0.1) is 6.10 Å². The molecule has 4 N–H and O–H groups in total. The largest absolute Gasteiger partial charge is 0.391 e. The van der Waals surface area contributed by atoms with Crippen LogP contribution in [-0.4, -0.2) is 30.8 Å². The lowest BCUT2D eigenvalue weighted by atomic mass is 10.1. The predicted molar refractivity (Wildman–Crippen MR) is 38.2 cm³/mol. The molecule has 0 aromatic heterocycles. The average molecular weight is 132 g/mol. The summed E-state index contributed by atoms with van der Waals surface area (Å²) in [6.45, 7) is 2.43. The highest BCUT2D eigenvalue weighted by molar-refractivity contribution is 4.72. The minimum Gasteiger partial charge on any atom is -0.391 e. The first-order valence-corrected chi connectivity index (χ1v) is 3.31. The van der Waals surface area contributed by atoms with Gasteiger partial charge in [-0.15, -0.1) is 0 Å². The van der Waals surface area contributed by atoms with Crippen LogP contribution in [0.15, 0.2) is 0 Å². The molecule has 0 aliphatic heterocycles. The van der Waals surface area contributed by atoms with E-state index >= 15 is 0 Å². The molecule has 2 unspecified atom stereocenters. The molecule has 9 heavy (non-hydrogen) atoms. The summed E-state index contributed by atoms with van der Waals surface area (Å²) in [6, 6.07) is 0.0509. The summed E-state index contributed by atoms with van der Waals surface area (Å²) < 4.78 is 0. The van der Waals surface area contributed by atoms with Crippen LogP contribution in [-0.2, 0) is 0 Å². The molecule has 0 bridgehead atoms. The molecule has 0 amide bonds. The monoisotopic (exact) mass is 132 g/mol. The number of nitrogens with one attached hydrogen (secondary N) is 1. The van der Waals surface area contributed by atoms with Gasteiger partial charge in [-0.2, -0.15) is 0 Å². The SMILES string of the molecule is CCC(O)C(CN)NC. The Morgan fingerprint density at radius 2 is 2.22 bits per heavy atom. The maximum atomic E-state index is 9.18. The van der Waals surface area contributed by atoms with Crippen LogP contribution in [0.4, 0.5) is 0 Å². The summed E-state index contributed by atoms with van der Waals surface area (Å²) in [5, 5.41) is 12.1. The van der Waals surface area contributed by atoms with Gasteiger partial charge in [-0.1, -0.05) is 6.92 Å². The minimum absolute atomic E-state index is 0.0509. The third-order valence-corrected chi connectivity index (χ3v) is 1.51. The van der Waals surface area contributed by atoms with Crippen molar-refractivity contribution in [2.45, 2.75) is 25.5 Å². The zero-order valence-corrected chi connectivity index (χ0v) is 6.09. The fraction of sp³-hybridized carbons (Fsp3) is 1.00. The number of rotatable bonds is 4. The van der Waals surface area contributed by atoms with Gasteiger partial charge in [0, 0.05) is 12.6 Å². The van der Waals surface area contributed by atoms with E-state index in [1.807, 2.05) is 6.92 Å². The molecule has 56 valence electrons. The standard InChI is InChI=1S/C6H16N2O/c1-3-6(9)5(4-7)8-2/h5-6,8-9H,3-4,7H2,1-2H3. The van der Waals surface area contributed by atoms with Crippen molar-refractivity contribution in [3.05, 3.63) is 0 Å². The highest BCUT2D eigenvalue weighted by atomic mass is 16.3. The lowest BCUT2D eigenvalue weighted by Crippen LogP contribution is -2.43. The van der Waals surface area contributed by atoms with E-state index < -0.39 is 0 Å². The van der Waals surface area contributed by atoms with Gasteiger partial charge in [0.1, 0.15) is 0 Å². The zero-order valence-electron chi connectivity index (χ0n) is 6.09. The molecule has 0 saturated carbocycles. The van der Waals surface area contributed by atoms with Crippen LogP contribution in [0.1, 0.15) is 13.3 Å². The Labute approximate surface area is 56.2 Å². The molecular formula is C6H16N2O. The first-order valence-electron chi connectivity index (χ1n) is 3.31. The third kappa shape index (κ3) is 2.79. The summed E-state index contributed by atoms with van der Waals surface area (Å²) in [5.74, 6) is 0. The number of hydrogen-bond acceptors (Lipinski definition) is 3. The van der Waals surface area contributed by atoms with Gasteiger partial charge in [-0.05, 0) is 13.5 Å². The minimum atomic E-state index is -0.306. The van der Waals surface area contributed by atoms with Crippen LogP contribution in [0, 0.1) is 0 Å². The first kappa shape index (κ1) is 8.88. The molecule has 2 atom stereocenters. The Hall–Kier alpha value is -0.120. The van der Waals surface area contributed by atoms with Gasteiger partial charge in [0.2, 0.25) is 0 Å².